The van der Waals surface area contributed by atoms with E-state index < -0.39 is 20.0 Å². The largest absolute Gasteiger partial charge is 0.269 e. The van der Waals surface area contributed by atoms with E-state index in [9.17, 15) is 16.8 Å². The van der Waals surface area contributed by atoms with E-state index >= 15 is 0 Å². The van der Waals surface area contributed by atoms with Crippen LogP contribution in [-0.4, -0.2) is 41.9 Å². The second-order valence-electron chi connectivity index (χ2n) is 5.06. The molecule has 0 saturated carbocycles. The van der Waals surface area contributed by atoms with E-state index in [2.05, 4.69) is 4.72 Å². The average Bonchev–Trinajstić information content (AvgIpc) is 2.48. The minimum Gasteiger partial charge on any atom is -0.269 e. The molecule has 0 aliphatic heterocycles. The van der Waals surface area contributed by atoms with Crippen LogP contribution in [0, 0.1) is 11.3 Å². The highest BCUT2D eigenvalue weighted by Gasteiger charge is 2.18. The first-order valence-electron chi connectivity index (χ1n) is 7.15. The van der Waals surface area contributed by atoms with Crippen molar-refractivity contribution < 1.29 is 16.8 Å². The number of hydrogen-bond acceptors (Lipinski definition) is 5. The lowest BCUT2D eigenvalue weighted by Gasteiger charge is -2.22. The van der Waals surface area contributed by atoms with Gasteiger partial charge in [-0.2, -0.15) is 5.26 Å². The fourth-order valence-corrected chi connectivity index (χ4v) is 4.04. The van der Waals surface area contributed by atoms with Crippen molar-refractivity contribution in [3.05, 3.63) is 29.8 Å². The number of nitriles is 1. The van der Waals surface area contributed by atoms with Crippen LogP contribution in [0.3, 0.4) is 0 Å². The van der Waals surface area contributed by atoms with Gasteiger partial charge in [-0.1, -0.05) is 13.3 Å². The van der Waals surface area contributed by atoms with Crippen LogP contribution < -0.4 is 9.03 Å². The molecule has 0 amide bonds. The molecule has 0 atom stereocenters. The van der Waals surface area contributed by atoms with Gasteiger partial charge in [-0.05, 0) is 30.7 Å². The standard InChI is InChI=1S/C14H21N3O4S2/c1-3-4-11-23(20,21)16-9-10-17(22(2,18)19)14-7-5-13(12-15)6-8-14/h5-8,16H,3-4,9-11H2,1-2H3. The van der Waals surface area contributed by atoms with Gasteiger partial charge in [-0.15, -0.1) is 0 Å². The number of rotatable bonds is 9. The molecular formula is C14H21N3O4S2. The summed E-state index contributed by atoms with van der Waals surface area (Å²) in [4.78, 5) is 0. The van der Waals surface area contributed by atoms with Gasteiger partial charge in [0.1, 0.15) is 0 Å². The van der Waals surface area contributed by atoms with Gasteiger partial charge in [0.15, 0.2) is 0 Å². The first-order valence-corrected chi connectivity index (χ1v) is 10.6. The van der Waals surface area contributed by atoms with Crippen LogP contribution in [-0.2, 0) is 20.0 Å². The molecule has 0 aliphatic rings. The third-order valence-corrected chi connectivity index (χ3v) is 5.75. The first-order chi connectivity index (χ1) is 10.7. The summed E-state index contributed by atoms with van der Waals surface area (Å²) >= 11 is 0. The highest BCUT2D eigenvalue weighted by Crippen LogP contribution is 2.17. The van der Waals surface area contributed by atoms with Crippen LogP contribution in [0.5, 0.6) is 0 Å². The molecule has 1 rings (SSSR count). The summed E-state index contributed by atoms with van der Waals surface area (Å²) in [5, 5.41) is 8.77. The Balaban J connectivity index is 2.79. The predicted octanol–water partition coefficient (Wildman–Crippen LogP) is 1.04. The fourth-order valence-electron chi connectivity index (χ4n) is 1.90. The number of sulfonamides is 2. The lowest BCUT2D eigenvalue weighted by molar-refractivity contribution is 0.575. The van der Waals surface area contributed by atoms with Gasteiger partial charge < -0.3 is 0 Å². The van der Waals surface area contributed by atoms with Crippen molar-refractivity contribution >= 4 is 25.7 Å². The van der Waals surface area contributed by atoms with Crippen molar-refractivity contribution in [1.29, 1.82) is 5.26 Å². The molecule has 1 aromatic rings. The zero-order chi connectivity index (χ0) is 17.5. The molecule has 7 nitrogen and oxygen atoms in total. The van der Waals surface area contributed by atoms with E-state index in [0.29, 0.717) is 17.7 Å². The molecule has 0 aliphatic carbocycles. The van der Waals surface area contributed by atoms with Gasteiger partial charge in [0.25, 0.3) is 0 Å². The summed E-state index contributed by atoms with van der Waals surface area (Å²) in [5.41, 5.74) is 0.807. The molecule has 0 bridgehead atoms. The third kappa shape index (κ3) is 6.56. The summed E-state index contributed by atoms with van der Waals surface area (Å²) in [5.74, 6) is 0.0270. The maximum atomic E-state index is 11.9. The monoisotopic (exact) mass is 359 g/mol. The second kappa shape index (κ2) is 8.29. The molecular weight excluding hydrogens is 338 g/mol. The van der Waals surface area contributed by atoms with Crippen molar-refractivity contribution in [2.24, 2.45) is 0 Å². The molecule has 0 radical (unpaired) electrons. The maximum Gasteiger partial charge on any atom is 0.232 e. The van der Waals surface area contributed by atoms with Crippen LogP contribution in [0.4, 0.5) is 5.69 Å². The lowest BCUT2D eigenvalue weighted by atomic mass is 10.2. The van der Waals surface area contributed by atoms with E-state index in [4.69, 9.17) is 5.26 Å². The maximum absolute atomic E-state index is 11.9. The van der Waals surface area contributed by atoms with E-state index in [0.717, 1.165) is 17.0 Å². The van der Waals surface area contributed by atoms with Gasteiger partial charge in [-0.3, -0.25) is 4.31 Å². The minimum absolute atomic E-state index is 0.0148. The van der Waals surface area contributed by atoms with E-state index in [-0.39, 0.29) is 18.8 Å². The van der Waals surface area contributed by atoms with Crippen molar-refractivity contribution in [2.45, 2.75) is 19.8 Å². The smallest absolute Gasteiger partial charge is 0.232 e. The normalized spacial score (nSPS) is 11.9. The van der Waals surface area contributed by atoms with Gasteiger partial charge in [0, 0.05) is 13.1 Å². The zero-order valence-electron chi connectivity index (χ0n) is 13.2. The molecule has 0 fully saturated rings. The van der Waals surface area contributed by atoms with Crippen LogP contribution in [0.25, 0.3) is 0 Å². The van der Waals surface area contributed by atoms with Crippen LogP contribution in [0.15, 0.2) is 24.3 Å². The minimum atomic E-state index is -3.56. The molecule has 0 spiro atoms. The number of nitrogens with zero attached hydrogens (tertiary/aromatic N) is 2. The Kier molecular flexibility index (Phi) is 7.00. The SMILES string of the molecule is CCCCS(=O)(=O)NCCN(c1ccc(C#N)cc1)S(C)(=O)=O. The Bertz CT molecular complexity index is 750. The molecule has 128 valence electrons. The quantitative estimate of drug-likeness (QED) is 0.709. The zero-order valence-corrected chi connectivity index (χ0v) is 14.8. The van der Waals surface area contributed by atoms with Gasteiger partial charge in [0.05, 0.1) is 29.3 Å². The molecule has 23 heavy (non-hydrogen) atoms. The number of benzene rings is 1. The topological polar surface area (TPSA) is 107 Å². The first kappa shape index (κ1) is 19.4. The molecule has 1 aromatic carbocycles. The second-order valence-corrected chi connectivity index (χ2v) is 8.89. The number of hydrogen-bond donors (Lipinski definition) is 1. The third-order valence-electron chi connectivity index (χ3n) is 3.09. The van der Waals surface area contributed by atoms with Crippen LogP contribution >= 0.6 is 0 Å². The molecule has 0 saturated heterocycles. The van der Waals surface area contributed by atoms with E-state index in [1.807, 2.05) is 13.0 Å². The molecule has 0 unspecified atom stereocenters. The van der Waals surface area contributed by atoms with E-state index in [1.54, 1.807) is 0 Å². The fraction of sp³-hybridized carbons (Fsp3) is 0.500. The number of anilines is 1. The number of nitrogens with one attached hydrogen (secondary N) is 1. The van der Waals surface area contributed by atoms with Gasteiger partial charge in [-0.25, -0.2) is 21.6 Å². The Hall–Kier alpha value is -1.63. The van der Waals surface area contributed by atoms with Crippen molar-refractivity contribution in [3.63, 3.8) is 0 Å². The van der Waals surface area contributed by atoms with Crippen molar-refractivity contribution in [3.8, 4) is 6.07 Å². The Morgan fingerprint density at radius 3 is 2.26 bits per heavy atom. The summed E-state index contributed by atoms with van der Waals surface area (Å²) in [7, 11) is -6.95. The van der Waals surface area contributed by atoms with Crippen molar-refractivity contribution in [1.82, 2.24) is 4.72 Å². The highest BCUT2D eigenvalue weighted by atomic mass is 32.2. The number of unbranched alkanes of at least 4 members (excludes halogenated alkanes) is 1. The Morgan fingerprint density at radius 1 is 1.17 bits per heavy atom. The average molecular weight is 359 g/mol. The van der Waals surface area contributed by atoms with Crippen LogP contribution in [0.2, 0.25) is 0 Å². The summed E-state index contributed by atoms with van der Waals surface area (Å²) < 4.78 is 50.8. The highest BCUT2D eigenvalue weighted by molar-refractivity contribution is 7.92. The van der Waals surface area contributed by atoms with Crippen LogP contribution in [0.1, 0.15) is 25.3 Å². The molecule has 9 heteroatoms. The molecule has 0 heterocycles. The van der Waals surface area contributed by atoms with Crippen molar-refractivity contribution in [2.75, 3.05) is 29.4 Å². The molecule has 1 N–H and O–H groups in total. The summed E-state index contributed by atoms with van der Waals surface area (Å²) in [6.07, 6.45) is 2.37. The van der Waals surface area contributed by atoms with E-state index in [1.165, 1.54) is 24.3 Å². The van der Waals surface area contributed by atoms with Gasteiger partial charge in [0.2, 0.25) is 20.0 Å². The lowest BCUT2D eigenvalue weighted by Crippen LogP contribution is -2.38. The van der Waals surface area contributed by atoms with Gasteiger partial charge >= 0.3 is 0 Å². The Labute approximate surface area is 138 Å². The summed E-state index contributed by atoms with van der Waals surface area (Å²) in [6.45, 7) is 1.86. The Morgan fingerprint density at radius 2 is 1.78 bits per heavy atom. The molecule has 0 aromatic heterocycles. The summed E-state index contributed by atoms with van der Waals surface area (Å²) in [6, 6.07) is 8.02. The predicted molar refractivity (Wildman–Crippen MR) is 90.0 cm³/mol.